The number of likely N-dealkylation sites (tertiary alicyclic amines) is 1. The van der Waals surface area contributed by atoms with Gasteiger partial charge in [-0.3, -0.25) is 9.69 Å². The van der Waals surface area contributed by atoms with Crippen molar-refractivity contribution in [2.24, 2.45) is 5.92 Å². The van der Waals surface area contributed by atoms with E-state index in [9.17, 15) is 14.7 Å². The molecule has 2 atom stereocenters. The highest BCUT2D eigenvalue weighted by atomic mass is 16.6. The van der Waals surface area contributed by atoms with Crippen molar-refractivity contribution in [2.45, 2.75) is 111 Å². The number of carbonyl (C=O) groups is 2. The first kappa shape index (κ1) is 35.5. The molecule has 0 bridgehead atoms. The molecule has 0 saturated carbocycles. The summed E-state index contributed by atoms with van der Waals surface area (Å²) in [5.41, 5.74) is 4.52. The summed E-state index contributed by atoms with van der Waals surface area (Å²) in [6.07, 6.45) is 4.71. The van der Waals surface area contributed by atoms with E-state index in [0.717, 1.165) is 85.8 Å². The molecule has 10 nitrogen and oxygen atoms in total. The molecule has 1 amide bonds. The maximum absolute atomic E-state index is 13.1. The molecule has 4 heterocycles. The van der Waals surface area contributed by atoms with Crippen LogP contribution in [0.2, 0.25) is 0 Å². The first-order valence-electron chi connectivity index (χ1n) is 17.4. The minimum atomic E-state index is -0.557. The number of aliphatic hydroxyl groups excluding tert-OH is 1. The van der Waals surface area contributed by atoms with Gasteiger partial charge >= 0.3 is 12.1 Å². The summed E-state index contributed by atoms with van der Waals surface area (Å²) < 4.78 is 13.3. The van der Waals surface area contributed by atoms with Crippen LogP contribution < -0.4 is 4.90 Å². The van der Waals surface area contributed by atoms with Gasteiger partial charge in [-0.2, -0.15) is 5.10 Å². The Kier molecular flexibility index (Phi) is 10.9. The number of benzene rings is 1. The van der Waals surface area contributed by atoms with Crippen LogP contribution in [0.3, 0.4) is 0 Å². The molecule has 0 spiro atoms. The number of carbonyl (C=O) groups excluding carboxylic acids is 2. The van der Waals surface area contributed by atoms with Crippen LogP contribution >= 0.6 is 0 Å². The van der Waals surface area contributed by atoms with Gasteiger partial charge in [-0.05, 0) is 128 Å². The smallest absolute Gasteiger partial charge is 0.416 e. The van der Waals surface area contributed by atoms with E-state index in [1.165, 1.54) is 0 Å². The molecule has 1 fully saturated rings. The Balaban J connectivity index is 1.25. The first-order valence-corrected chi connectivity index (χ1v) is 17.4. The Bertz CT molecular complexity index is 1590. The minimum absolute atomic E-state index is 0.0483. The van der Waals surface area contributed by atoms with E-state index in [2.05, 4.69) is 34.3 Å². The zero-order chi connectivity index (χ0) is 34.6. The van der Waals surface area contributed by atoms with Gasteiger partial charge in [-0.15, -0.1) is 0 Å². The van der Waals surface area contributed by atoms with Gasteiger partial charge in [0, 0.05) is 36.9 Å². The summed E-state index contributed by atoms with van der Waals surface area (Å²) in [5, 5.41) is 14.1. The van der Waals surface area contributed by atoms with Crippen LogP contribution in [0.1, 0.15) is 101 Å². The van der Waals surface area contributed by atoms with Gasteiger partial charge in [0.05, 0.1) is 24.4 Å². The number of anilines is 1. The van der Waals surface area contributed by atoms with E-state index < -0.39 is 11.2 Å². The van der Waals surface area contributed by atoms with Gasteiger partial charge in [0.25, 0.3) is 0 Å². The molecule has 2 aliphatic rings. The van der Waals surface area contributed by atoms with E-state index in [0.29, 0.717) is 18.2 Å². The molecule has 260 valence electrons. The number of rotatable bonds is 10. The number of esters is 1. The second kappa shape index (κ2) is 14.8. The van der Waals surface area contributed by atoms with Crippen LogP contribution in [-0.4, -0.2) is 74.2 Å². The summed E-state index contributed by atoms with van der Waals surface area (Å²) in [6, 6.07) is 14.3. The molecule has 1 aromatic carbocycles. The van der Waals surface area contributed by atoms with Crippen molar-refractivity contribution in [3.63, 3.8) is 0 Å². The number of fused-ring (bicyclic) bond motifs is 1. The predicted molar refractivity (Wildman–Crippen MR) is 186 cm³/mol. The van der Waals surface area contributed by atoms with Crippen molar-refractivity contribution < 1.29 is 24.2 Å². The molecular formula is C38H53N5O5. The number of hydrogen-bond acceptors (Lipinski definition) is 8. The molecule has 2 aliphatic heterocycles. The van der Waals surface area contributed by atoms with Crippen LogP contribution in [0.25, 0.3) is 5.69 Å². The largest absolute Gasteiger partial charge is 0.460 e. The average Bonchev–Trinajstić information content (AvgIpc) is 3.63. The number of amides is 1. The molecular weight excluding hydrogens is 606 g/mol. The lowest BCUT2D eigenvalue weighted by atomic mass is 9.94. The van der Waals surface area contributed by atoms with Crippen molar-refractivity contribution in [3.8, 4) is 5.69 Å². The minimum Gasteiger partial charge on any atom is -0.460 e. The highest BCUT2D eigenvalue weighted by molar-refractivity contribution is 5.88. The van der Waals surface area contributed by atoms with Crippen molar-refractivity contribution in [1.29, 1.82) is 0 Å². The topological polar surface area (TPSA) is 110 Å². The molecule has 0 radical (unpaired) electrons. The van der Waals surface area contributed by atoms with Crippen molar-refractivity contribution in [2.75, 3.05) is 31.1 Å². The van der Waals surface area contributed by atoms with Gasteiger partial charge in [0.2, 0.25) is 0 Å². The molecule has 3 aromatic rings. The van der Waals surface area contributed by atoms with Crippen LogP contribution in [0.5, 0.6) is 0 Å². The number of pyridine rings is 1. The van der Waals surface area contributed by atoms with E-state index in [1.54, 1.807) is 4.90 Å². The number of nitrogens with zero attached hydrogens (tertiary/aromatic N) is 5. The summed E-state index contributed by atoms with van der Waals surface area (Å²) in [7, 11) is 0. The summed E-state index contributed by atoms with van der Waals surface area (Å²) in [6.45, 7) is 16.5. The third kappa shape index (κ3) is 9.44. The zero-order valence-corrected chi connectivity index (χ0v) is 29.8. The monoisotopic (exact) mass is 659 g/mol. The van der Waals surface area contributed by atoms with Crippen LogP contribution in [0.15, 0.2) is 42.5 Å². The SMILES string of the molecule is Cc1cc(CO)nn1-c1cccc(C(CC(=O)OC(C)(C)C)CN2CC[C@@H](CCc3ccc4c(n3)N(C(=O)OC(C)(C)C)CCC4)C2)c1. The van der Waals surface area contributed by atoms with Gasteiger partial charge in [0.15, 0.2) is 0 Å². The lowest BCUT2D eigenvalue weighted by Crippen LogP contribution is -2.40. The van der Waals surface area contributed by atoms with Gasteiger partial charge in [-0.1, -0.05) is 18.2 Å². The second-order valence-electron chi connectivity index (χ2n) is 15.4. The molecule has 1 saturated heterocycles. The Morgan fingerprint density at radius 2 is 1.77 bits per heavy atom. The zero-order valence-electron chi connectivity index (χ0n) is 29.8. The third-order valence-electron chi connectivity index (χ3n) is 8.89. The molecule has 10 heteroatoms. The number of ether oxygens (including phenoxy) is 2. The average molecular weight is 660 g/mol. The Hall–Kier alpha value is -3.76. The lowest BCUT2D eigenvalue weighted by molar-refractivity contribution is -0.155. The van der Waals surface area contributed by atoms with E-state index in [-0.39, 0.29) is 31.0 Å². The highest BCUT2D eigenvalue weighted by Crippen LogP contribution is 2.31. The van der Waals surface area contributed by atoms with Crippen molar-refractivity contribution >= 4 is 17.9 Å². The van der Waals surface area contributed by atoms with E-state index in [4.69, 9.17) is 14.5 Å². The Morgan fingerprint density at radius 1 is 1.00 bits per heavy atom. The maximum Gasteiger partial charge on any atom is 0.416 e. The molecule has 5 rings (SSSR count). The summed E-state index contributed by atoms with van der Waals surface area (Å²) in [5.74, 6) is 1.01. The Morgan fingerprint density at radius 3 is 2.48 bits per heavy atom. The third-order valence-corrected chi connectivity index (χ3v) is 8.89. The first-order chi connectivity index (χ1) is 22.7. The number of hydrogen-bond donors (Lipinski definition) is 1. The fourth-order valence-corrected chi connectivity index (χ4v) is 6.75. The molecule has 0 aliphatic carbocycles. The van der Waals surface area contributed by atoms with Crippen LogP contribution in [0, 0.1) is 12.8 Å². The maximum atomic E-state index is 13.1. The second-order valence-corrected chi connectivity index (χ2v) is 15.4. The van der Waals surface area contributed by atoms with Crippen molar-refractivity contribution in [3.05, 3.63) is 70.7 Å². The molecule has 48 heavy (non-hydrogen) atoms. The van der Waals surface area contributed by atoms with Crippen molar-refractivity contribution in [1.82, 2.24) is 19.7 Å². The normalized spacial score (nSPS) is 17.7. The molecule has 2 aromatic heterocycles. The fourth-order valence-electron chi connectivity index (χ4n) is 6.75. The summed E-state index contributed by atoms with van der Waals surface area (Å²) in [4.78, 5) is 35.2. The lowest BCUT2D eigenvalue weighted by Gasteiger charge is -2.31. The molecule has 1 N–H and O–H groups in total. The quantitative estimate of drug-likeness (QED) is 0.245. The van der Waals surface area contributed by atoms with E-state index in [1.807, 2.05) is 71.3 Å². The number of aromatic nitrogens is 3. The van der Waals surface area contributed by atoms with Crippen LogP contribution in [0.4, 0.5) is 10.6 Å². The van der Waals surface area contributed by atoms with Gasteiger partial charge in [0.1, 0.15) is 17.0 Å². The van der Waals surface area contributed by atoms with Crippen LogP contribution in [-0.2, 0) is 33.7 Å². The standard InChI is InChI=1S/C38H53N5O5/c1-26-20-32(25-44)40-43(26)33-12-8-10-29(21-33)30(22-34(45)47-37(2,3)4)24-41-19-17-27(23-41)13-15-31-16-14-28-11-9-18-42(35(28)39-31)36(46)48-38(5,6)7/h8,10,12,14,16,20-21,27,30,44H,9,11,13,15,17-19,22-25H2,1-7H3/t27-,30?/m1/s1. The number of aryl methyl sites for hydroxylation is 3. The Labute approximate surface area is 285 Å². The van der Waals surface area contributed by atoms with Gasteiger partial charge < -0.3 is 19.5 Å². The molecule has 1 unspecified atom stereocenters. The number of aliphatic hydroxyl groups is 1. The van der Waals surface area contributed by atoms with E-state index >= 15 is 0 Å². The van der Waals surface area contributed by atoms with Gasteiger partial charge in [-0.25, -0.2) is 14.5 Å². The fraction of sp³-hybridized carbons (Fsp3) is 0.579. The highest BCUT2D eigenvalue weighted by Gasteiger charge is 2.30. The predicted octanol–water partition coefficient (Wildman–Crippen LogP) is 6.53. The summed E-state index contributed by atoms with van der Waals surface area (Å²) >= 11 is 0.